The minimum absolute atomic E-state index is 0.0282. The van der Waals surface area contributed by atoms with E-state index in [9.17, 15) is 24.9 Å². The van der Waals surface area contributed by atoms with Gasteiger partial charge in [-0.25, -0.2) is 4.79 Å². The number of esters is 1. The topological polar surface area (TPSA) is 104 Å². The fourth-order valence-electron chi connectivity index (χ4n) is 12.0. The number of carboxylic acids is 1. The first-order valence-electron chi connectivity index (χ1n) is 17.4. The molecule has 45 heavy (non-hydrogen) atoms. The Morgan fingerprint density at radius 2 is 1.64 bits per heavy atom. The van der Waals surface area contributed by atoms with Crippen LogP contribution in [0.4, 0.5) is 0 Å². The van der Waals surface area contributed by atoms with Crippen LogP contribution in [0, 0.1) is 56.7 Å². The molecule has 1 aromatic rings. The van der Waals surface area contributed by atoms with E-state index in [4.69, 9.17) is 4.74 Å². The van der Waals surface area contributed by atoms with Gasteiger partial charge in [-0.3, -0.25) is 4.79 Å². The number of carboxylic acid groups (broad SMARTS) is 1. The normalized spacial score (nSPS) is 43.7. The van der Waals surface area contributed by atoms with Gasteiger partial charge in [-0.15, -0.1) is 0 Å². The third-order valence-corrected chi connectivity index (χ3v) is 14.8. The van der Waals surface area contributed by atoms with Crippen LogP contribution >= 0.6 is 0 Å². The van der Waals surface area contributed by atoms with Crippen LogP contribution in [-0.2, 0) is 14.3 Å². The van der Waals surface area contributed by atoms with E-state index in [-0.39, 0.29) is 51.3 Å². The molecule has 5 aliphatic rings. The lowest BCUT2D eigenvalue weighted by Crippen LogP contribution is -2.67. The second kappa shape index (κ2) is 11.0. The molecule has 0 amide bonds. The fourth-order valence-corrected chi connectivity index (χ4v) is 12.0. The van der Waals surface area contributed by atoms with Crippen LogP contribution < -0.4 is 0 Å². The van der Waals surface area contributed by atoms with Crippen LogP contribution in [0.15, 0.2) is 42.0 Å². The molecule has 0 aliphatic heterocycles. The highest BCUT2D eigenvalue weighted by Crippen LogP contribution is 2.76. The Balaban J connectivity index is 1.35. The third-order valence-electron chi connectivity index (χ3n) is 14.8. The Morgan fingerprint density at radius 1 is 0.933 bits per heavy atom. The van der Waals surface area contributed by atoms with Crippen LogP contribution in [-0.4, -0.2) is 40.0 Å². The van der Waals surface area contributed by atoms with Crippen molar-refractivity contribution in [2.75, 3.05) is 6.61 Å². The number of carbonyl (C=O) groups excluding carboxylic acids is 1. The first kappa shape index (κ1) is 32.3. The summed E-state index contributed by atoms with van der Waals surface area (Å²) in [7, 11) is 0. The number of phenols is 1. The Bertz CT molecular complexity index is 1390. The molecular formula is C39H54O6. The summed E-state index contributed by atoms with van der Waals surface area (Å²) in [5, 5.41) is 32.0. The van der Waals surface area contributed by atoms with Crippen molar-refractivity contribution in [3.8, 4) is 5.75 Å². The molecule has 6 rings (SSSR count). The average Bonchev–Trinajstić information content (AvgIpc) is 2.99. The lowest BCUT2D eigenvalue weighted by Gasteiger charge is -2.70. The SMILES string of the molecule is CC1C2C3=CCC4[C@@]5(C)CC[C@@H](O)C(C)(C)C5CC[C@@]4(C)[C@]3(C(=O)O)CCC2(COC(=O)/C=C/c2ccc(O)cc2)CC[C@H]1C. The van der Waals surface area contributed by atoms with Gasteiger partial charge in [-0.2, -0.15) is 0 Å². The summed E-state index contributed by atoms with van der Waals surface area (Å²) in [6.07, 6.45) is 12.9. The lowest BCUT2D eigenvalue weighted by molar-refractivity contribution is -0.217. The number of phenolic OH excluding ortho intramolecular Hbond substituents is 1. The Labute approximate surface area is 269 Å². The van der Waals surface area contributed by atoms with Crippen LogP contribution in [0.5, 0.6) is 5.75 Å². The number of rotatable bonds is 5. The van der Waals surface area contributed by atoms with Crippen LogP contribution in [0.2, 0.25) is 0 Å². The Hall–Kier alpha value is -2.60. The van der Waals surface area contributed by atoms with Gasteiger partial charge in [0.2, 0.25) is 0 Å². The van der Waals surface area contributed by atoms with Crippen molar-refractivity contribution in [1.29, 1.82) is 0 Å². The minimum atomic E-state index is -0.938. The smallest absolute Gasteiger partial charge is 0.330 e. The first-order valence-corrected chi connectivity index (χ1v) is 17.4. The number of aliphatic hydroxyl groups excluding tert-OH is 1. The van der Waals surface area contributed by atoms with Crippen molar-refractivity contribution in [2.24, 2.45) is 56.7 Å². The number of aliphatic carboxylic acids is 1. The number of benzene rings is 1. The predicted octanol–water partition coefficient (Wildman–Crippen LogP) is 8.03. The number of ether oxygens (including phenoxy) is 1. The van der Waals surface area contributed by atoms with Gasteiger partial charge in [0.1, 0.15) is 5.75 Å². The molecular weight excluding hydrogens is 564 g/mol. The summed E-state index contributed by atoms with van der Waals surface area (Å²) < 4.78 is 6.02. The van der Waals surface area contributed by atoms with Crippen molar-refractivity contribution < 1.29 is 29.6 Å². The first-order chi connectivity index (χ1) is 21.1. The van der Waals surface area contributed by atoms with Gasteiger partial charge < -0.3 is 20.1 Å². The third kappa shape index (κ3) is 4.66. The van der Waals surface area contributed by atoms with E-state index >= 15 is 0 Å². The maximum Gasteiger partial charge on any atom is 0.330 e. The summed E-state index contributed by atoms with van der Waals surface area (Å²) in [6.45, 7) is 14.1. The molecule has 6 nitrogen and oxygen atoms in total. The van der Waals surface area contributed by atoms with Crippen molar-refractivity contribution in [1.82, 2.24) is 0 Å². The molecule has 4 saturated carbocycles. The zero-order chi connectivity index (χ0) is 32.6. The molecule has 246 valence electrons. The van der Waals surface area contributed by atoms with Gasteiger partial charge in [0.05, 0.1) is 18.1 Å². The van der Waals surface area contributed by atoms with E-state index in [0.29, 0.717) is 24.9 Å². The number of aliphatic hydroxyl groups is 1. The second-order valence-corrected chi connectivity index (χ2v) is 16.8. The van der Waals surface area contributed by atoms with E-state index in [2.05, 4.69) is 47.6 Å². The van der Waals surface area contributed by atoms with E-state index in [1.165, 1.54) is 6.08 Å². The van der Waals surface area contributed by atoms with Gasteiger partial charge >= 0.3 is 11.9 Å². The summed E-state index contributed by atoms with van der Waals surface area (Å²) in [6, 6.07) is 6.67. The molecule has 0 aromatic heterocycles. The zero-order valence-corrected chi connectivity index (χ0v) is 28.1. The largest absolute Gasteiger partial charge is 0.508 e. The van der Waals surface area contributed by atoms with Crippen LogP contribution in [0.3, 0.4) is 0 Å². The Kier molecular flexibility index (Phi) is 7.90. The van der Waals surface area contributed by atoms with Crippen molar-refractivity contribution in [2.45, 2.75) is 105 Å². The number of allylic oxidation sites excluding steroid dienone is 1. The van der Waals surface area contributed by atoms with Gasteiger partial charge in [0.25, 0.3) is 0 Å². The van der Waals surface area contributed by atoms with E-state index in [1.807, 2.05) is 0 Å². The molecule has 5 aliphatic carbocycles. The molecule has 10 atom stereocenters. The molecule has 0 heterocycles. The molecule has 5 unspecified atom stereocenters. The summed E-state index contributed by atoms with van der Waals surface area (Å²) in [5.41, 5.74) is 0.102. The molecule has 0 radical (unpaired) electrons. The fraction of sp³-hybridized carbons (Fsp3) is 0.692. The maximum atomic E-state index is 13.9. The van der Waals surface area contributed by atoms with E-state index in [0.717, 1.165) is 62.5 Å². The number of carbonyl (C=O) groups is 2. The van der Waals surface area contributed by atoms with Gasteiger partial charge in [-0.1, -0.05) is 65.3 Å². The van der Waals surface area contributed by atoms with Crippen molar-refractivity contribution >= 4 is 18.0 Å². The zero-order valence-electron chi connectivity index (χ0n) is 28.1. The van der Waals surface area contributed by atoms with Gasteiger partial charge in [-0.05, 0) is 127 Å². The molecule has 3 N–H and O–H groups in total. The number of hydrogen-bond acceptors (Lipinski definition) is 5. The second-order valence-electron chi connectivity index (χ2n) is 16.8. The molecule has 0 saturated heterocycles. The molecule has 0 bridgehead atoms. The van der Waals surface area contributed by atoms with E-state index < -0.39 is 17.4 Å². The monoisotopic (exact) mass is 618 g/mol. The molecule has 4 fully saturated rings. The van der Waals surface area contributed by atoms with Gasteiger partial charge in [0.15, 0.2) is 0 Å². The van der Waals surface area contributed by atoms with Crippen molar-refractivity contribution in [3.63, 3.8) is 0 Å². The van der Waals surface area contributed by atoms with Gasteiger partial charge in [0, 0.05) is 11.5 Å². The predicted molar refractivity (Wildman–Crippen MR) is 175 cm³/mol. The van der Waals surface area contributed by atoms with Crippen molar-refractivity contribution in [3.05, 3.63) is 47.6 Å². The lowest BCUT2D eigenvalue weighted by atomic mass is 9.33. The number of hydrogen-bond donors (Lipinski definition) is 3. The molecule has 0 spiro atoms. The highest BCUT2D eigenvalue weighted by atomic mass is 16.5. The van der Waals surface area contributed by atoms with Crippen LogP contribution in [0.1, 0.15) is 105 Å². The minimum Gasteiger partial charge on any atom is -0.508 e. The quantitative estimate of drug-likeness (QED) is 0.175. The van der Waals surface area contributed by atoms with Crippen LogP contribution in [0.25, 0.3) is 6.08 Å². The Morgan fingerprint density at radius 3 is 2.33 bits per heavy atom. The standard InChI is InChI=1S/C39H54O6/c1-24-15-20-38(23-45-32(42)14-9-26-7-10-27(40)11-8-26)21-22-39(34(43)44)28(33(38)25(24)2)12-13-30-36(5)18-17-31(41)35(3,4)29(36)16-19-37(30,39)6/h7-12,14,24-25,29-31,33,40-41H,13,15-23H2,1-6H3,(H,43,44)/b14-9+/t24-,25?,29?,30?,31-,33?,36+,37-,38?,39-/m1/s1. The highest BCUT2D eigenvalue weighted by Gasteiger charge is 2.72. The summed E-state index contributed by atoms with van der Waals surface area (Å²) in [4.78, 5) is 26.9. The molecule has 1 aromatic carbocycles. The maximum absolute atomic E-state index is 13.9. The molecule has 6 heteroatoms. The summed E-state index contributed by atoms with van der Waals surface area (Å²) in [5.74, 6) is 0.495. The number of fused-ring (bicyclic) bond motifs is 7. The number of aromatic hydroxyl groups is 1. The van der Waals surface area contributed by atoms with E-state index in [1.54, 1.807) is 30.3 Å². The summed E-state index contributed by atoms with van der Waals surface area (Å²) >= 11 is 0. The highest BCUT2D eigenvalue weighted by molar-refractivity contribution is 5.87. The average molecular weight is 619 g/mol.